The summed E-state index contributed by atoms with van der Waals surface area (Å²) in [5.41, 5.74) is 0.0639. The van der Waals surface area contributed by atoms with Crippen molar-refractivity contribution in [1.82, 2.24) is 19.9 Å². The minimum absolute atomic E-state index is 0.0169. The molecule has 0 bridgehead atoms. The normalized spacial score (nSPS) is 16.7. The fraction of sp³-hybridized carbons (Fsp3) is 0.381. The number of aromatic nitrogens is 3. The number of methoxy groups -OCH3 is 1. The second kappa shape index (κ2) is 8.77. The van der Waals surface area contributed by atoms with Crippen molar-refractivity contribution in [1.29, 1.82) is 0 Å². The summed E-state index contributed by atoms with van der Waals surface area (Å²) >= 11 is 0. The lowest BCUT2D eigenvalue weighted by Gasteiger charge is -2.31. The van der Waals surface area contributed by atoms with Crippen molar-refractivity contribution in [2.45, 2.75) is 19.2 Å². The average Bonchev–Trinajstić information content (AvgIpc) is 3.23. The van der Waals surface area contributed by atoms with Gasteiger partial charge in [-0.3, -0.25) is 4.79 Å². The predicted octanol–water partition coefficient (Wildman–Crippen LogP) is 3.63. The van der Waals surface area contributed by atoms with Crippen molar-refractivity contribution in [3.05, 3.63) is 35.5 Å². The quantitative estimate of drug-likeness (QED) is 0.530. The summed E-state index contributed by atoms with van der Waals surface area (Å²) in [7, 11) is 2.93. The second-order valence-electron chi connectivity index (χ2n) is 7.54. The van der Waals surface area contributed by atoms with Gasteiger partial charge in [-0.1, -0.05) is 0 Å². The van der Waals surface area contributed by atoms with Crippen LogP contribution in [0.2, 0.25) is 0 Å². The highest BCUT2D eigenvalue weighted by atomic mass is 19.4. The minimum atomic E-state index is -4.55. The van der Waals surface area contributed by atoms with Crippen LogP contribution in [0, 0.1) is 0 Å². The van der Waals surface area contributed by atoms with Crippen molar-refractivity contribution in [2.24, 2.45) is 0 Å². The van der Waals surface area contributed by atoms with E-state index in [9.17, 15) is 18.0 Å². The van der Waals surface area contributed by atoms with Gasteiger partial charge in [0.05, 0.1) is 36.5 Å². The number of alkyl halides is 3. The van der Waals surface area contributed by atoms with Crippen molar-refractivity contribution in [2.75, 3.05) is 44.5 Å². The fourth-order valence-corrected chi connectivity index (χ4v) is 3.73. The standard InChI is InChI=1S/C21H23F3N6O3/c1-11-10-30(6-7-33-11)19(31)12-4-5-14(15(8-12)32-3)27-20-28-17(25-2)16-13(21(22,23)24)9-26-18(16)29-20/h4-5,8-9,11H,6-7,10H2,1-3H3,(H3,25,26,27,28,29). The lowest BCUT2D eigenvalue weighted by atomic mass is 10.1. The number of hydrogen-bond acceptors (Lipinski definition) is 7. The first-order valence-corrected chi connectivity index (χ1v) is 10.2. The van der Waals surface area contributed by atoms with Gasteiger partial charge in [0.2, 0.25) is 5.95 Å². The monoisotopic (exact) mass is 464 g/mol. The Balaban J connectivity index is 1.63. The van der Waals surface area contributed by atoms with Gasteiger partial charge in [-0.15, -0.1) is 0 Å². The van der Waals surface area contributed by atoms with Gasteiger partial charge >= 0.3 is 6.18 Å². The van der Waals surface area contributed by atoms with E-state index in [0.717, 1.165) is 6.20 Å². The molecule has 0 aliphatic carbocycles. The van der Waals surface area contributed by atoms with Crippen LogP contribution in [0.25, 0.3) is 11.0 Å². The molecule has 1 atom stereocenters. The van der Waals surface area contributed by atoms with Gasteiger partial charge in [-0.05, 0) is 25.1 Å². The number of amides is 1. The number of fused-ring (bicyclic) bond motifs is 1. The van der Waals surface area contributed by atoms with E-state index in [1.807, 2.05) is 6.92 Å². The lowest BCUT2D eigenvalue weighted by molar-refractivity contribution is -0.136. The SMILES string of the molecule is CNc1nc(Nc2ccc(C(=O)N3CCOC(C)C3)cc2OC)nc2[nH]cc(C(F)(F)F)c12. The third-order valence-electron chi connectivity index (χ3n) is 5.30. The molecule has 9 nitrogen and oxygen atoms in total. The first-order chi connectivity index (χ1) is 15.7. The Bertz CT molecular complexity index is 1180. The first kappa shape index (κ1) is 22.6. The molecule has 4 rings (SSSR count). The van der Waals surface area contributed by atoms with Crippen LogP contribution in [0.15, 0.2) is 24.4 Å². The number of rotatable bonds is 5. The third-order valence-corrected chi connectivity index (χ3v) is 5.30. The number of anilines is 3. The number of H-pyrrole nitrogens is 1. The Morgan fingerprint density at radius 2 is 2.12 bits per heavy atom. The van der Waals surface area contributed by atoms with Crippen LogP contribution in [-0.2, 0) is 10.9 Å². The van der Waals surface area contributed by atoms with Crippen molar-refractivity contribution in [3.63, 3.8) is 0 Å². The summed E-state index contributed by atoms with van der Waals surface area (Å²) in [6.45, 7) is 3.39. The number of halogens is 3. The van der Waals surface area contributed by atoms with Crippen LogP contribution in [0.1, 0.15) is 22.8 Å². The molecular formula is C21H23F3N6O3. The number of nitrogens with zero attached hydrogens (tertiary/aromatic N) is 3. The van der Waals surface area contributed by atoms with Crippen LogP contribution in [-0.4, -0.2) is 65.7 Å². The molecule has 3 N–H and O–H groups in total. The summed E-state index contributed by atoms with van der Waals surface area (Å²) in [6.07, 6.45) is -3.73. The molecule has 0 spiro atoms. The number of ether oxygens (including phenoxy) is 2. The molecule has 1 aromatic carbocycles. The smallest absolute Gasteiger partial charge is 0.418 e. The van der Waals surface area contributed by atoms with Gasteiger partial charge in [0, 0.05) is 31.9 Å². The first-order valence-electron chi connectivity index (χ1n) is 10.2. The molecule has 0 saturated carbocycles. The van der Waals surface area contributed by atoms with Gasteiger partial charge in [0.1, 0.15) is 17.2 Å². The topological polar surface area (TPSA) is 104 Å². The Morgan fingerprint density at radius 1 is 1.33 bits per heavy atom. The molecule has 1 aliphatic rings. The molecule has 0 radical (unpaired) electrons. The van der Waals surface area contributed by atoms with Gasteiger partial charge in [0.25, 0.3) is 5.91 Å². The highest BCUT2D eigenvalue weighted by Gasteiger charge is 2.35. The Hall–Kier alpha value is -3.54. The van der Waals surface area contributed by atoms with Crippen LogP contribution in [0.4, 0.5) is 30.6 Å². The maximum Gasteiger partial charge on any atom is 0.418 e. The highest BCUT2D eigenvalue weighted by molar-refractivity contribution is 5.96. The van der Waals surface area contributed by atoms with Crippen molar-refractivity contribution < 1.29 is 27.4 Å². The number of aromatic amines is 1. The van der Waals surface area contributed by atoms with Crippen LogP contribution in [0.5, 0.6) is 5.75 Å². The molecule has 12 heteroatoms. The molecule has 1 amide bonds. The highest BCUT2D eigenvalue weighted by Crippen LogP contribution is 2.38. The number of nitrogens with one attached hydrogen (secondary N) is 3. The largest absolute Gasteiger partial charge is 0.495 e. The number of carbonyl (C=O) groups excluding carboxylic acids is 1. The zero-order valence-electron chi connectivity index (χ0n) is 18.2. The van der Waals surface area contributed by atoms with E-state index >= 15 is 0 Å². The van der Waals surface area contributed by atoms with Crippen LogP contribution < -0.4 is 15.4 Å². The molecule has 1 aliphatic heterocycles. The molecule has 3 aromatic rings. The van der Waals surface area contributed by atoms with Gasteiger partial charge in [-0.2, -0.15) is 23.1 Å². The zero-order valence-corrected chi connectivity index (χ0v) is 18.2. The van der Waals surface area contributed by atoms with E-state index in [-0.39, 0.29) is 34.8 Å². The summed E-state index contributed by atoms with van der Waals surface area (Å²) in [5.74, 6) is 0.292. The Labute approximate surface area is 187 Å². The number of hydrogen-bond donors (Lipinski definition) is 3. The van der Waals surface area contributed by atoms with E-state index in [1.54, 1.807) is 23.1 Å². The van der Waals surface area contributed by atoms with Gasteiger partial charge < -0.3 is 30.0 Å². The summed E-state index contributed by atoms with van der Waals surface area (Å²) in [5, 5.41) is 5.49. The van der Waals surface area contributed by atoms with E-state index in [4.69, 9.17) is 9.47 Å². The van der Waals surface area contributed by atoms with Gasteiger partial charge in [0.15, 0.2) is 0 Å². The second-order valence-corrected chi connectivity index (χ2v) is 7.54. The zero-order chi connectivity index (χ0) is 23.8. The number of benzene rings is 1. The predicted molar refractivity (Wildman–Crippen MR) is 116 cm³/mol. The van der Waals surface area contributed by atoms with Crippen LogP contribution in [0.3, 0.4) is 0 Å². The van der Waals surface area contributed by atoms with Crippen molar-refractivity contribution in [3.8, 4) is 5.75 Å². The molecule has 33 heavy (non-hydrogen) atoms. The summed E-state index contributed by atoms with van der Waals surface area (Å²) in [6, 6.07) is 4.87. The third kappa shape index (κ3) is 4.51. The van der Waals surface area contributed by atoms with E-state index in [2.05, 4.69) is 25.6 Å². The average molecular weight is 464 g/mol. The molecular weight excluding hydrogens is 441 g/mol. The fourth-order valence-electron chi connectivity index (χ4n) is 3.73. The minimum Gasteiger partial charge on any atom is -0.495 e. The van der Waals surface area contributed by atoms with E-state index < -0.39 is 11.7 Å². The summed E-state index contributed by atoms with van der Waals surface area (Å²) < 4.78 is 50.8. The van der Waals surface area contributed by atoms with E-state index in [1.165, 1.54) is 14.2 Å². The van der Waals surface area contributed by atoms with E-state index in [0.29, 0.717) is 36.7 Å². The molecule has 1 saturated heterocycles. The Kier molecular flexibility index (Phi) is 6.02. The summed E-state index contributed by atoms with van der Waals surface area (Å²) in [4.78, 5) is 25.5. The maximum atomic E-state index is 13.3. The Morgan fingerprint density at radius 3 is 2.79 bits per heavy atom. The lowest BCUT2D eigenvalue weighted by Crippen LogP contribution is -2.44. The van der Waals surface area contributed by atoms with Crippen LogP contribution >= 0.6 is 0 Å². The molecule has 2 aromatic heterocycles. The number of carbonyl (C=O) groups is 1. The molecule has 3 heterocycles. The number of morpholine rings is 1. The van der Waals surface area contributed by atoms with Crippen molar-refractivity contribution >= 4 is 34.4 Å². The maximum absolute atomic E-state index is 13.3. The molecule has 1 fully saturated rings. The van der Waals surface area contributed by atoms with Gasteiger partial charge in [-0.25, -0.2) is 0 Å². The molecule has 1 unspecified atom stereocenters. The molecule has 176 valence electrons.